The maximum absolute atomic E-state index is 11.6. The van der Waals surface area contributed by atoms with Crippen LogP contribution < -0.4 is 16.4 Å². The smallest absolute Gasteiger partial charge is 0.236 e. The molecule has 0 saturated carbocycles. The van der Waals surface area contributed by atoms with E-state index in [0.29, 0.717) is 0 Å². The molecule has 0 unspecified atom stereocenters. The Balaban J connectivity index is 2.26. The second kappa shape index (κ2) is 10.6. The third kappa shape index (κ3) is 6.47. The fourth-order valence-electron chi connectivity index (χ4n) is 2.26. The minimum absolute atomic E-state index is 0.0318. The molecule has 0 bridgehead atoms. The maximum Gasteiger partial charge on any atom is 0.236 e. The molecule has 1 heterocycles. The molecule has 1 saturated heterocycles. The van der Waals surface area contributed by atoms with Crippen molar-refractivity contribution in [2.75, 3.05) is 26.8 Å². The Morgan fingerprint density at radius 3 is 2.52 bits per heavy atom. The summed E-state index contributed by atoms with van der Waals surface area (Å²) >= 11 is 0. The fraction of sp³-hybridized carbons (Fsp3) is 0.857. The molecule has 11 nitrogen and oxygen atoms in total. The van der Waals surface area contributed by atoms with Crippen LogP contribution in [0.1, 0.15) is 12.8 Å². The predicted molar refractivity (Wildman–Crippen MR) is 84.0 cm³/mol. The van der Waals surface area contributed by atoms with Gasteiger partial charge in [-0.2, -0.15) is 0 Å². The third-order valence-electron chi connectivity index (χ3n) is 3.82. The molecule has 1 fully saturated rings. The van der Waals surface area contributed by atoms with E-state index in [2.05, 4.69) is 10.6 Å². The lowest BCUT2D eigenvalue weighted by atomic mass is 9.99. The van der Waals surface area contributed by atoms with Crippen molar-refractivity contribution in [1.29, 1.82) is 0 Å². The number of hydrogen-bond acceptors (Lipinski definition) is 9. The molecule has 0 radical (unpaired) electrons. The largest absolute Gasteiger partial charge is 0.394 e. The minimum Gasteiger partial charge on any atom is -0.394 e. The number of hydrogen-bond donors (Lipinski definition) is 7. The summed E-state index contributed by atoms with van der Waals surface area (Å²) in [4.78, 5) is 22.8. The van der Waals surface area contributed by atoms with Crippen LogP contribution in [0.5, 0.6) is 0 Å². The topological polar surface area (TPSA) is 184 Å². The molecule has 1 aliphatic heterocycles. The highest BCUT2D eigenvalue weighted by Gasteiger charge is 2.43. The highest BCUT2D eigenvalue weighted by Crippen LogP contribution is 2.21. The number of nitrogens with two attached hydrogens (primary N) is 1. The quantitative estimate of drug-likeness (QED) is 0.199. The second-order valence-corrected chi connectivity index (χ2v) is 5.68. The van der Waals surface area contributed by atoms with E-state index in [1.807, 2.05) is 0 Å². The van der Waals surface area contributed by atoms with Gasteiger partial charge in [0.2, 0.25) is 11.8 Å². The number of amides is 2. The van der Waals surface area contributed by atoms with Crippen molar-refractivity contribution in [3.63, 3.8) is 0 Å². The summed E-state index contributed by atoms with van der Waals surface area (Å²) < 4.78 is 10.4. The van der Waals surface area contributed by atoms with Gasteiger partial charge in [-0.15, -0.1) is 0 Å². The summed E-state index contributed by atoms with van der Waals surface area (Å²) in [6, 6.07) is -0.763. The van der Waals surface area contributed by atoms with Gasteiger partial charge < -0.3 is 46.3 Å². The molecule has 0 aromatic rings. The Bertz CT molecular complexity index is 436. The van der Waals surface area contributed by atoms with Gasteiger partial charge in [-0.05, 0) is 6.42 Å². The van der Waals surface area contributed by atoms with Crippen molar-refractivity contribution < 1.29 is 39.5 Å². The average Bonchev–Trinajstić information content (AvgIpc) is 2.62. The van der Waals surface area contributed by atoms with Gasteiger partial charge in [-0.25, -0.2) is 0 Å². The van der Waals surface area contributed by atoms with E-state index in [9.17, 15) is 24.9 Å². The Labute approximate surface area is 145 Å². The van der Waals surface area contributed by atoms with Crippen LogP contribution in [0.3, 0.4) is 0 Å². The molecule has 146 valence electrons. The van der Waals surface area contributed by atoms with E-state index in [1.165, 1.54) is 7.05 Å². The lowest BCUT2D eigenvalue weighted by Crippen LogP contribution is -2.59. The third-order valence-corrected chi connectivity index (χ3v) is 3.82. The van der Waals surface area contributed by atoms with Crippen molar-refractivity contribution in [3.8, 4) is 0 Å². The summed E-state index contributed by atoms with van der Waals surface area (Å²) in [5.74, 6) is -0.671. The standard InChI is InChI=1S/C14H27N3O8/c1-16-13(23)7(15)2-3-9(19)17-4-5-24-14-12(22)11(21)10(20)8(6-18)25-14/h7-8,10-12,14,18,20-22H,2-6,15H2,1H3,(H,16,23)(H,17,19)/t7-,8+,10+,11-,12-,14-/m0/s1. The fourth-order valence-corrected chi connectivity index (χ4v) is 2.26. The molecule has 0 aliphatic carbocycles. The summed E-state index contributed by atoms with van der Waals surface area (Å²) in [7, 11) is 1.46. The van der Waals surface area contributed by atoms with Gasteiger partial charge in [-0.3, -0.25) is 9.59 Å². The van der Waals surface area contributed by atoms with Crippen molar-refractivity contribution >= 4 is 11.8 Å². The second-order valence-electron chi connectivity index (χ2n) is 5.68. The number of aliphatic hydroxyl groups is 4. The van der Waals surface area contributed by atoms with Gasteiger partial charge in [0, 0.05) is 20.0 Å². The number of ether oxygens (including phenoxy) is 2. The molecular weight excluding hydrogens is 338 g/mol. The molecule has 2 amide bonds. The first-order valence-corrected chi connectivity index (χ1v) is 7.97. The van der Waals surface area contributed by atoms with E-state index >= 15 is 0 Å². The number of aliphatic hydroxyl groups excluding tert-OH is 4. The predicted octanol–water partition coefficient (Wildman–Crippen LogP) is -4.23. The summed E-state index contributed by atoms with van der Waals surface area (Å²) in [5.41, 5.74) is 5.57. The number of rotatable bonds is 9. The van der Waals surface area contributed by atoms with Crippen molar-refractivity contribution in [3.05, 3.63) is 0 Å². The highest BCUT2D eigenvalue weighted by atomic mass is 16.7. The van der Waals surface area contributed by atoms with Crippen LogP contribution in [-0.4, -0.2) is 95.8 Å². The molecule has 0 aromatic heterocycles. The number of carbonyl (C=O) groups is 2. The van der Waals surface area contributed by atoms with Gasteiger partial charge in [0.15, 0.2) is 6.29 Å². The van der Waals surface area contributed by atoms with Gasteiger partial charge in [0.25, 0.3) is 0 Å². The Morgan fingerprint density at radius 2 is 1.92 bits per heavy atom. The van der Waals surface area contributed by atoms with E-state index in [0.717, 1.165) is 0 Å². The summed E-state index contributed by atoms with van der Waals surface area (Å²) in [6.07, 6.45) is -6.49. The van der Waals surface area contributed by atoms with Crippen LogP contribution in [0, 0.1) is 0 Å². The van der Waals surface area contributed by atoms with E-state index in [1.54, 1.807) is 0 Å². The van der Waals surface area contributed by atoms with Crippen molar-refractivity contribution in [2.24, 2.45) is 5.73 Å². The highest BCUT2D eigenvalue weighted by molar-refractivity contribution is 5.82. The first kappa shape index (κ1) is 21.7. The van der Waals surface area contributed by atoms with E-state index in [-0.39, 0.29) is 37.8 Å². The lowest BCUT2D eigenvalue weighted by molar-refractivity contribution is -0.300. The van der Waals surface area contributed by atoms with Gasteiger partial charge in [0.1, 0.15) is 24.4 Å². The minimum atomic E-state index is -1.52. The monoisotopic (exact) mass is 365 g/mol. The van der Waals surface area contributed by atoms with Gasteiger partial charge in [0.05, 0.1) is 19.3 Å². The Morgan fingerprint density at radius 1 is 1.24 bits per heavy atom. The average molecular weight is 365 g/mol. The zero-order chi connectivity index (χ0) is 19.0. The van der Waals surface area contributed by atoms with Gasteiger partial charge >= 0.3 is 0 Å². The van der Waals surface area contributed by atoms with Gasteiger partial charge in [-0.1, -0.05) is 0 Å². The first-order chi connectivity index (χ1) is 11.8. The molecule has 8 N–H and O–H groups in total. The number of likely N-dealkylation sites (N-methyl/N-ethyl adjacent to an activating group) is 1. The van der Waals surface area contributed by atoms with Crippen molar-refractivity contribution in [1.82, 2.24) is 10.6 Å². The zero-order valence-corrected chi connectivity index (χ0v) is 14.0. The van der Waals surface area contributed by atoms with Crippen LogP contribution in [0.15, 0.2) is 0 Å². The molecule has 0 aromatic carbocycles. The van der Waals surface area contributed by atoms with E-state index < -0.39 is 43.4 Å². The van der Waals surface area contributed by atoms with Crippen LogP contribution in [0.2, 0.25) is 0 Å². The molecule has 1 rings (SSSR count). The lowest BCUT2D eigenvalue weighted by Gasteiger charge is -2.39. The number of carbonyl (C=O) groups excluding carboxylic acids is 2. The van der Waals surface area contributed by atoms with Crippen LogP contribution in [0.25, 0.3) is 0 Å². The summed E-state index contributed by atoms with van der Waals surface area (Å²) in [6.45, 7) is -0.480. The Hall–Kier alpha value is -1.34. The summed E-state index contributed by atoms with van der Waals surface area (Å²) in [5, 5.41) is 43.0. The normalized spacial score (nSPS) is 30.6. The SMILES string of the molecule is CNC(=O)[C@@H](N)CCC(=O)NCCO[C@H]1O[C@H](CO)[C@@H](O)[C@H](O)[C@@H]1O. The van der Waals surface area contributed by atoms with Crippen LogP contribution >= 0.6 is 0 Å². The Kier molecular flexibility index (Phi) is 9.21. The van der Waals surface area contributed by atoms with Crippen molar-refractivity contribution in [2.45, 2.75) is 49.6 Å². The number of nitrogens with one attached hydrogen (secondary N) is 2. The van der Waals surface area contributed by atoms with Crippen LogP contribution in [-0.2, 0) is 19.1 Å². The molecular formula is C14H27N3O8. The first-order valence-electron chi connectivity index (χ1n) is 7.97. The molecule has 1 aliphatic rings. The maximum atomic E-state index is 11.6. The van der Waals surface area contributed by atoms with Crippen LogP contribution in [0.4, 0.5) is 0 Å². The molecule has 0 spiro atoms. The molecule has 25 heavy (non-hydrogen) atoms. The molecule has 11 heteroatoms. The molecule has 6 atom stereocenters. The van der Waals surface area contributed by atoms with E-state index in [4.69, 9.17) is 20.3 Å². The zero-order valence-electron chi connectivity index (χ0n) is 14.0.